The van der Waals surface area contributed by atoms with E-state index in [1.54, 1.807) is 32.1 Å². The Hall–Kier alpha value is -4.06. The molecule has 1 saturated heterocycles. The minimum atomic E-state index is -0.839. The Morgan fingerprint density at radius 3 is 2.49 bits per heavy atom. The number of anilines is 1. The van der Waals surface area contributed by atoms with Gasteiger partial charge in [-0.05, 0) is 63.5 Å². The van der Waals surface area contributed by atoms with Crippen LogP contribution in [-0.2, 0) is 11.8 Å². The first-order valence-electron chi connectivity index (χ1n) is 11.5. The van der Waals surface area contributed by atoms with Gasteiger partial charge in [-0.25, -0.2) is 4.98 Å². The van der Waals surface area contributed by atoms with Gasteiger partial charge in [0.2, 0.25) is 0 Å². The summed E-state index contributed by atoms with van der Waals surface area (Å²) in [6.07, 6.45) is 13.4. The number of nitriles is 3. The molecule has 2 aromatic heterocycles. The van der Waals surface area contributed by atoms with E-state index < -0.39 is 5.60 Å². The summed E-state index contributed by atoms with van der Waals surface area (Å²) in [6, 6.07) is 10.0. The van der Waals surface area contributed by atoms with Crippen LogP contribution in [0.1, 0.15) is 48.7 Å². The summed E-state index contributed by atoms with van der Waals surface area (Å²) in [5, 5.41) is 28.9. The molecule has 7 nitrogen and oxygen atoms in total. The Morgan fingerprint density at radius 1 is 1.06 bits per heavy atom. The zero-order valence-electron chi connectivity index (χ0n) is 20.1. The second-order valence-corrected chi connectivity index (χ2v) is 10.0. The van der Waals surface area contributed by atoms with Crippen molar-refractivity contribution < 1.29 is 4.74 Å². The van der Waals surface area contributed by atoms with Crippen molar-refractivity contribution >= 4 is 35.4 Å². The number of allylic oxidation sites excluding steroid dienone is 2. The average molecular weight is 483 g/mol. The van der Waals surface area contributed by atoms with E-state index in [0.717, 1.165) is 28.7 Å². The number of hydrogen-bond acceptors (Lipinski definition) is 7. The highest BCUT2D eigenvalue weighted by Crippen LogP contribution is 2.40. The van der Waals surface area contributed by atoms with Crippen LogP contribution in [0.2, 0.25) is 0 Å². The maximum absolute atomic E-state index is 9.66. The quantitative estimate of drug-likeness (QED) is 0.515. The van der Waals surface area contributed by atoms with Crippen molar-refractivity contribution in [3.05, 3.63) is 62.5 Å². The second kappa shape index (κ2) is 10.1. The van der Waals surface area contributed by atoms with E-state index in [1.165, 1.54) is 36.4 Å². The zero-order chi connectivity index (χ0) is 25.0. The molecule has 0 aliphatic carbocycles. The number of hydrogen-bond donors (Lipinski definition) is 0. The summed E-state index contributed by atoms with van der Waals surface area (Å²) in [7, 11) is 2.10. The Morgan fingerprint density at radius 2 is 1.80 bits per heavy atom. The molecular formula is C27H26N6OS. The van der Waals surface area contributed by atoms with Crippen LogP contribution in [0.15, 0.2) is 46.9 Å². The molecule has 0 bridgehead atoms. The summed E-state index contributed by atoms with van der Waals surface area (Å²) in [5.74, 6) is 1.29. The van der Waals surface area contributed by atoms with Crippen molar-refractivity contribution in [2.24, 2.45) is 7.05 Å². The summed E-state index contributed by atoms with van der Waals surface area (Å²) in [6.45, 7) is 5.83. The van der Waals surface area contributed by atoms with Gasteiger partial charge in [-0.1, -0.05) is 6.08 Å². The fraction of sp³-hybridized carbons (Fsp3) is 0.333. The summed E-state index contributed by atoms with van der Waals surface area (Å²) in [4.78, 5) is 7.94. The largest absolute Gasteiger partial charge is 0.480 e. The smallest absolute Gasteiger partial charge is 0.172 e. The number of ether oxygens (including phenoxy) is 1. The van der Waals surface area contributed by atoms with Crippen LogP contribution in [0.3, 0.4) is 0 Å². The Labute approximate surface area is 209 Å². The van der Waals surface area contributed by atoms with E-state index in [-0.39, 0.29) is 16.9 Å². The van der Waals surface area contributed by atoms with E-state index in [1.807, 2.05) is 12.3 Å². The van der Waals surface area contributed by atoms with Crippen LogP contribution < -0.4 is 4.90 Å². The van der Waals surface area contributed by atoms with Gasteiger partial charge < -0.3 is 14.2 Å². The third-order valence-electron chi connectivity index (χ3n) is 6.23. The Bertz CT molecular complexity index is 1360. The van der Waals surface area contributed by atoms with Crippen molar-refractivity contribution in [3.63, 3.8) is 0 Å². The van der Waals surface area contributed by atoms with Crippen molar-refractivity contribution in [2.45, 2.75) is 38.7 Å². The average Bonchev–Trinajstić information content (AvgIpc) is 3.53. The molecule has 0 radical (unpaired) electrons. The predicted molar refractivity (Wildman–Crippen MR) is 138 cm³/mol. The molecule has 0 unspecified atom stereocenters. The fourth-order valence-corrected chi connectivity index (χ4v) is 5.11. The first-order chi connectivity index (χ1) is 16.9. The summed E-state index contributed by atoms with van der Waals surface area (Å²) in [5.41, 5.74) is 0.904. The molecule has 0 amide bonds. The van der Waals surface area contributed by atoms with Crippen LogP contribution in [-0.4, -0.2) is 28.2 Å². The molecule has 0 saturated carbocycles. The topological polar surface area (TPSA) is 102 Å². The molecule has 1 fully saturated rings. The second-order valence-electron chi connectivity index (χ2n) is 8.93. The third kappa shape index (κ3) is 4.92. The van der Waals surface area contributed by atoms with E-state index in [2.05, 4.69) is 51.9 Å². The van der Waals surface area contributed by atoms with Crippen LogP contribution >= 0.6 is 11.3 Å². The molecule has 4 rings (SSSR count). The van der Waals surface area contributed by atoms with Gasteiger partial charge in [0.25, 0.3) is 0 Å². The number of thiazole rings is 1. The molecule has 0 aromatic carbocycles. The first-order valence-corrected chi connectivity index (χ1v) is 12.3. The molecule has 0 atom stereocenters. The molecule has 176 valence electrons. The molecule has 0 N–H and O–H groups in total. The molecule has 2 aliphatic heterocycles. The minimum Gasteiger partial charge on any atom is -0.480 e. The molecule has 8 heteroatoms. The maximum atomic E-state index is 9.66. The molecule has 35 heavy (non-hydrogen) atoms. The van der Waals surface area contributed by atoms with Crippen molar-refractivity contribution in [3.8, 4) is 18.2 Å². The van der Waals surface area contributed by atoms with Crippen LogP contribution in [0.4, 0.5) is 5.82 Å². The molecule has 0 spiro atoms. The lowest BCUT2D eigenvalue weighted by Gasteiger charge is -2.29. The highest BCUT2D eigenvalue weighted by Gasteiger charge is 2.38. The van der Waals surface area contributed by atoms with Crippen LogP contribution in [0.5, 0.6) is 0 Å². The van der Waals surface area contributed by atoms with Crippen molar-refractivity contribution in [2.75, 3.05) is 18.0 Å². The SMILES string of the molecule is Cn1c(/C=C/c2cnc(/C=C/C3=C(C#N)C(=C(C#N)C#N)OC3(C)C)s2)ccc1N1CCCCC1. The first kappa shape index (κ1) is 24.1. The van der Waals surface area contributed by atoms with Crippen molar-refractivity contribution in [1.82, 2.24) is 9.55 Å². The highest BCUT2D eigenvalue weighted by molar-refractivity contribution is 7.13. The van der Waals surface area contributed by atoms with Gasteiger partial charge >= 0.3 is 0 Å². The van der Waals surface area contributed by atoms with E-state index in [4.69, 9.17) is 4.74 Å². The fourth-order valence-electron chi connectivity index (χ4n) is 4.38. The van der Waals surface area contributed by atoms with Gasteiger partial charge in [-0.3, -0.25) is 0 Å². The zero-order valence-corrected chi connectivity index (χ0v) is 20.9. The van der Waals surface area contributed by atoms with Gasteiger partial charge in [0, 0.05) is 42.5 Å². The lowest BCUT2D eigenvalue weighted by molar-refractivity contribution is 0.0954. The van der Waals surface area contributed by atoms with Gasteiger partial charge in [0.1, 0.15) is 40.2 Å². The van der Waals surface area contributed by atoms with E-state index in [9.17, 15) is 15.8 Å². The molecule has 2 aromatic rings. The monoisotopic (exact) mass is 482 g/mol. The molecule has 2 aliphatic rings. The summed E-state index contributed by atoms with van der Waals surface area (Å²) >= 11 is 1.53. The number of nitrogens with zero attached hydrogens (tertiary/aromatic N) is 6. The van der Waals surface area contributed by atoms with Crippen molar-refractivity contribution in [1.29, 1.82) is 15.8 Å². The molecular weight excluding hydrogens is 456 g/mol. The minimum absolute atomic E-state index is 0.0383. The lowest BCUT2D eigenvalue weighted by atomic mass is 9.95. The van der Waals surface area contributed by atoms with Gasteiger partial charge in [0.15, 0.2) is 11.3 Å². The molecule has 4 heterocycles. The van der Waals surface area contributed by atoms with Gasteiger partial charge in [-0.2, -0.15) is 15.8 Å². The van der Waals surface area contributed by atoms with Gasteiger partial charge in [-0.15, -0.1) is 11.3 Å². The predicted octanol–water partition coefficient (Wildman–Crippen LogP) is 5.59. The Kier molecular flexibility index (Phi) is 6.92. The Balaban J connectivity index is 1.53. The number of rotatable bonds is 5. The standard InChI is InChI=1S/C27H26N6OS/c1-27(2)23(22(17-30)26(34-27)19(15-28)16-29)10-11-24-31-18-21(35-24)9-7-20-8-12-25(32(20)3)33-13-5-4-6-14-33/h7-12,18H,4-6,13-14H2,1-3H3/b9-7+,11-10+. The summed E-state index contributed by atoms with van der Waals surface area (Å²) < 4.78 is 8.03. The number of piperidine rings is 1. The maximum Gasteiger partial charge on any atom is 0.172 e. The number of aromatic nitrogens is 2. The van der Waals surface area contributed by atoms with Crippen LogP contribution in [0.25, 0.3) is 18.2 Å². The normalized spacial score (nSPS) is 17.5. The van der Waals surface area contributed by atoms with Crippen LogP contribution in [0, 0.1) is 34.0 Å². The lowest BCUT2D eigenvalue weighted by Crippen LogP contribution is -2.30. The van der Waals surface area contributed by atoms with E-state index in [0.29, 0.717) is 5.57 Å². The third-order valence-corrected chi connectivity index (χ3v) is 7.16. The van der Waals surface area contributed by atoms with E-state index >= 15 is 0 Å². The highest BCUT2D eigenvalue weighted by atomic mass is 32.1. The van der Waals surface area contributed by atoms with Gasteiger partial charge in [0.05, 0.1) is 0 Å².